The molecule has 0 spiro atoms. The van der Waals surface area contributed by atoms with Crippen molar-refractivity contribution in [1.29, 1.82) is 0 Å². The van der Waals surface area contributed by atoms with Gasteiger partial charge in [0.05, 0.1) is 7.11 Å². The van der Waals surface area contributed by atoms with Gasteiger partial charge in [0.25, 0.3) is 0 Å². The predicted octanol–water partition coefficient (Wildman–Crippen LogP) is -4.39. The van der Waals surface area contributed by atoms with Gasteiger partial charge in [0.2, 0.25) is 41.4 Å². The van der Waals surface area contributed by atoms with Crippen molar-refractivity contribution in [2.45, 2.75) is 116 Å². The largest absolute Gasteiger partial charge is 2.00 e. The van der Waals surface area contributed by atoms with Gasteiger partial charge in [-0.1, -0.05) is 0 Å². The molecule has 0 saturated carbocycles. The summed E-state index contributed by atoms with van der Waals surface area (Å²) in [4.78, 5) is 111. The Bertz CT molecular complexity index is 1610. The smallest absolute Gasteiger partial charge is 0.467 e. The Kier molecular flexibility index (Phi) is 26.2. The number of esters is 1. The molecule has 2 saturated heterocycles. The fourth-order valence-corrected chi connectivity index (χ4v) is 6.62. The van der Waals surface area contributed by atoms with Gasteiger partial charge in [0.1, 0.15) is 39.8 Å². The van der Waals surface area contributed by atoms with E-state index in [0.29, 0.717) is 52.4 Å². The van der Waals surface area contributed by atoms with Crippen molar-refractivity contribution in [3.05, 3.63) is 0 Å². The van der Waals surface area contributed by atoms with Crippen LogP contribution in [-0.2, 0) is 82.0 Å². The van der Waals surface area contributed by atoms with Crippen LogP contribution < -0.4 is 58.5 Å². The maximum Gasteiger partial charge on any atom is 2.00 e. The van der Waals surface area contributed by atoms with Gasteiger partial charge < -0.3 is 63.2 Å². The third kappa shape index (κ3) is 21.1. The first kappa shape index (κ1) is 61.8. The molecule has 2 rings (SSSR count). The molecule has 0 aliphatic carbocycles. The van der Waals surface area contributed by atoms with Gasteiger partial charge in [-0.15, -0.1) is 0 Å². The van der Waals surface area contributed by atoms with E-state index in [9.17, 15) is 38.4 Å². The molecule has 0 unspecified atom stereocenters. The molecule has 0 bridgehead atoms. The van der Waals surface area contributed by atoms with Crippen molar-refractivity contribution in [2.75, 3.05) is 98.7 Å². The topological polar surface area (TPSA) is 285 Å². The minimum absolute atomic E-state index is 0. The zero-order chi connectivity index (χ0) is 47.8. The van der Waals surface area contributed by atoms with Gasteiger partial charge in [-0.25, -0.2) is 4.79 Å². The predicted molar refractivity (Wildman–Crippen MR) is 237 cm³/mol. The number of amides is 7. The molecule has 0 aromatic heterocycles. The van der Waals surface area contributed by atoms with E-state index in [4.69, 9.17) is 4.74 Å². The fourth-order valence-electron chi connectivity index (χ4n) is 6.62. The summed E-state index contributed by atoms with van der Waals surface area (Å²) < 4.78 is 4.80. The maximum atomic E-state index is 14.1. The summed E-state index contributed by atoms with van der Waals surface area (Å²) in [6.45, 7) is 24.0. The molecule has 360 valence electrons. The molecular formula is C41H77N13O9Zn2+4. The average Bonchev–Trinajstić information content (AvgIpc) is 3.39. The minimum atomic E-state index is -1.65. The summed E-state index contributed by atoms with van der Waals surface area (Å²) in [7, 11) is 1.20. The van der Waals surface area contributed by atoms with E-state index in [1.165, 1.54) is 83.3 Å². The van der Waals surface area contributed by atoms with E-state index >= 15 is 0 Å². The SMILES string of the molecule is COC(=O)C(C)(C)NC(=O)C(C)(C)NC(=O)[C@H](CN1CCNCCNCC1)NC(=O)C(C)(C)NC(=O)C(C)(C)NC(=O)[C@H](CN1CCNCCNCC1)NC(=O)C(C)(C)NC(C)=O.[Zn+2].[Zn+2]. The number of carbonyl (C=O) groups is 8. The normalized spacial score (nSPS) is 17.3. The van der Waals surface area contributed by atoms with E-state index in [1.807, 2.05) is 9.80 Å². The van der Waals surface area contributed by atoms with Crippen LogP contribution in [0.25, 0.3) is 0 Å². The second kappa shape index (κ2) is 27.5. The van der Waals surface area contributed by atoms with Crippen LogP contribution in [0.3, 0.4) is 0 Å². The van der Waals surface area contributed by atoms with Crippen LogP contribution in [0.1, 0.15) is 76.2 Å². The third-order valence-electron chi connectivity index (χ3n) is 10.7. The second-order valence-corrected chi connectivity index (χ2v) is 18.8. The Morgan fingerprint density at radius 1 is 0.462 bits per heavy atom. The Hall–Kier alpha value is -3.23. The fraction of sp³-hybridized carbons (Fsp3) is 0.805. The quantitative estimate of drug-likeness (QED) is 0.0457. The molecule has 24 heteroatoms. The Morgan fingerprint density at radius 3 is 1.06 bits per heavy atom. The van der Waals surface area contributed by atoms with Crippen LogP contribution in [-0.4, -0.2) is 196 Å². The zero-order valence-corrected chi connectivity index (χ0v) is 47.0. The number of hydrogen-bond acceptors (Lipinski definition) is 15. The summed E-state index contributed by atoms with van der Waals surface area (Å²) in [6.07, 6.45) is 0. The van der Waals surface area contributed by atoms with Crippen molar-refractivity contribution < 1.29 is 82.0 Å². The van der Waals surface area contributed by atoms with Gasteiger partial charge in [-0.2, -0.15) is 0 Å². The van der Waals surface area contributed by atoms with Crippen molar-refractivity contribution in [3.8, 4) is 0 Å². The first-order valence-corrected chi connectivity index (χ1v) is 21.7. The first-order chi connectivity index (χ1) is 29.1. The first-order valence-electron chi connectivity index (χ1n) is 21.7. The Labute approximate surface area is 410 Å². The molecular weight excluding hydrogens is 949 g/mol. The molecule has 2 heterocycles. The van der Waals surface area contributed by atoms with Gasteiger partial charge >= 0.3 is 44.9 Å². The Morgan fingerprint density at radius 2 is 0.754 bits per heavy atom. The monoisotopic (exact) mass is 1020 g/mol. The number of nitrogens with zero attached hydrogens (tertiary/aromatic N) is 2. The van der Waals surface area contributed by atoms with E-state index in [0.717, 1.165) is 26.2 Å². The van der Waals surface area contributed by atoms with Gasteiger partial charge in [-0.05, 0) is 69.2 Å². The van der Waals surface area contributed by atoms with Crippen LogP contribution >= 0.6 is 0 Å². The molecule has 2 fully saturated rings. The average molecular weight is 1030 g/mol. The zero-order valence-electron chi connectivity index (χ0n) is 41.0. The molecule has 0 aromatic carbocycles. The van der Waals surface area contributed by atoms with E-state index in [1.54, 1.807) is 0 Å². The second-order valence-electron chi connectivity index (χ2n) is 18.8. The van der Waals surface area contributed by atoms with Crippen LogP contribution in [0, 0.1) is 0 Å². The number of hydrogen-bond donors (Lipinski definition) is 11. The molecule has 2 atom stereocenters. The van der Waals surface area contributed by atoms with Crippen molar-refractivity contribution in [3.63, 3.8) is 0 Å². The van der Waals surface area contributed by atoms with Crippen molar-refractivity contribution >= 4 is 47.3 Å². The number of nitrogens with one attached hydrogen (secondary N) is 11. The van der Waals surface area contributed by atoms with Crippen LogP contribution in [0.15, 0.2) is 0 Å². The van der Waals surface area contributed by atoms with Gasteiger partial charge in [0.15, 0.2) is 0 Å². The summed E-state index contributed by atoms with van der Waals surface area (Å²) in [5.41, 5.74) is -7.59. The van der Waals surface area contributed by atoms with Crippen LogP contribution in [0.2, 0.25) is 0 Å². The molecule has 65 heavy (non-hydrogen) atoms. The molecule has 0 aromatic rings. The van der Waals surface area contributed by atoms with Crippen molar-refractivity contribution in [2.24, 2.45) is 0 Å². The maximum absolute atomic E-state index is 14.1. The van der Waals surface area contributed by atoms with E-state index in [-0.39, 0.29) is 52.0 Å². The number of ether oxygens (including phenoxy) is 1. The minimum Gasteiger partial charge on any atom is -0.467 e. The van der Waals surface area contributed by atoms with Gasteiger partial charge in [0, 0.05) is 98.6 Å². The number of carbonyl (C=O) groups excluding carboxylic acids is 8. The third-order valence-corrected chi connectivity index (χ3v) is 10.7. The van der Waals surface area contributed by atoms with Crippen LogP contribution in [0.5, 0.6) is 0 Å². The summed E-state index contributed by atoms with van der Waals surface area (Å²) in [6, 6.07) is -2.36. The summed E-state index contributed by atoms with van der Waals surface area (Å²) in [5.74, 6) is -5.22. The molecule has 11 N–H and O–H groups in total. The molecule has 22 nitrogen and oxygen atoms in total. The summed E-state index contributed by atoms with van der Waals surface area (Å²) in [5, 5.41) is 32.2. The van der Waals surface area contributed by atoms with Gasteiger partial charge in [-0.3, -0.25) is 43.4 Å². The van der Waals surface area contributed by atoms with E-state index in [2.05, 4.69) is 58.5 Å². The number of rotatable bonds is 18. The number of methoxy groups -OCH3 is 1. The van der Waals surface area contributed by atoms with Crippen molar-refractivity contribution in [1.82, 2.24) is 68.3 Å². The molecule has 7 amide bonds. The van der Waals surface area contributed by atoms with Crippen LogP contribution in [0.4, 0.5) is 0 Å². The molecule has 0 radical (unpaired) electrons. The van der Waals surface area contributed by atoms with E-state index < -0.39 is 87.1 Å². The Balaban J connectivity index is 0.0000205. The molecule has 2 aliphatic heterocycles. The summed E-state index contributed by atoms with van der Waals surface area (Å²) >= 11 is 0. The molecule has 2 aliphatic rings. The standard InChI is InChI=1S/C41H77N13O9.2Zn/c1-27(55)48-37(2,3)32(58)46-28(25-53-21-17-42-13-14-43-18-22-53)30(56)49-39(6,7)34(60)51-38(4,5)33(59)47-29(26-54-23-19-44-15-16-45-20-24-54)31(57)50-40(8,9)35(61)52-41(10,11)36(62)63-12;;/h28-29,42-45H,13-26H2,1-12H3,(H,46,58)(H,47,59)(H,48,55)(H,49,56)(H,50,57)(H,51,60)(H,52,61);;/q;2*+2/t28-,29-;;/m0../s1.